The van der Waals surface area contributed by atoms with Crippen LogP contribution in [0.5, 0.6) is 0 Å². The molecule has 6 rings (SSSR count). The summed E-state index contributed by atoms with van der Waals surface area (Å²) in [7, 11) is 0. The Bertz CT molecular complexity index is 1690. The summed E-state index contributed by atoms with van der Waals surface area (Å²) in [5.74, 6) is -0.0995. The minimum absolute atomic E-state index is 0.0995. The Morgan fingerprint density at radius 3 is 2.61 bits per heavy atom. The third kappa shape index (κ3) is 4.66. The fourth-order valence-electron chi connectivity index (χ4n) is 4.64. The van der Waals surface area contributed by atoms with Gasteiger partial charge in [0, 0.05) is 29.0 Å². The molecule has 4 heterocycles. The number of carbonyl (C=O) groups is 1. The molecule has 1 aliphatic heterocycles. The molecule has 0 bridgehead atoms. The van der Waals surface area contributed by atoms with Crippen LogP contribution in [0.2, 0.25) is 5.02 Å². The van der Waals surface area contributed by atoms with E-state index in [1.54, 1.807) is 34.8 Å². The highest BCUT2D eigenvalue weighted by atomic mass is 79.9. The Morgan fingerprint density at radius 2 is 1.84 bits per heavy atom. The molecule has 9 nitrogen and oxygen atoms in total. The van der Waals surface area contributed by atoms with Crippen LogP contribution in [0.15, 0.2) is 76.3 Å². The summed E-state index contributed by atoms with van der Waals surface area (Å²) < 4.78 is 8.92. The Morgan fingerprint density at radius 1 is 1.05 bits per heavy atom. The highest BCUT2D eigenvalue weighted by Crippen LogP contribution is 2.37. The number of halogens is 2. The van der Waals surface area contributed by atoms with Crippen molar-refractivity contribution < 1.29 is 9.53 Å². The number of imidazole rings is 1. The number of nitrogens with one attached hydrogen (secondary N) is 2. The van der Waals surface area contributed by atoms with E-state index in [0.29, 0.717) is 29.4 Å². The summed E-state index contributed by atoms with van der Waals surface area (Å²) in [6, 6.07) is 17.1. The minimum Gasteiger partial charge on any atom is -0.341 e. The number of H-pyrrole nitrogens is 2. The minimum atomic E-state index is -0.648. The van der Waals surface area contributed by atoms with Crippen molar-refractivity contribution >= 4 is 44.5 Å². The van der Waals surface area contributed by atoms with Gasteiger partial charge in [0.25, 0.3) is 5.91 Å². The lowest BCUT2D eigenvalue weighted by atomic mass is 10.1. The third-order valence-electron chi connectivity index (χ3n) is 6.54. The van der Waals surface area contributed by atoms with Crippen molar-refractivity contribution in [1.29, 1.82) is 0 Å². The van der Waals surface area contributed by atoms with Gasteiger partial charge in [0.05, 0.1) is 27.4 Å². The Balaban J connectivity index is 1.36. The quantitative estimate of drug-likeness (QED) is 0.288. The molecule has 192 valence electrons. The van der Waals surface area contributed by atoms with Gasteiger partial charge in [-0.15, -0.1) is 0 Å². The van der Waals surface area contributed by atoms with E-state index in [-0.39, 0.29) is 11.6 Å². The zero-order valence-electron chi connectivity index (χ0n) is 20.2. The second-order valence-electron chi connectivity index (χ2n) is 9.09. The summed E-state index contributed by atoms with van der Waals surface area (Å²) in [6.07, 6.45) is 2.78. The maximum atomic E-state index is 13.2. The van der Waals surface area contributed by atoms with Crippen molar-refractivity contribution in [3.05, 3.63) is 98.1 Å². The van der Waals surface area contributed by atoms with Crippen LogP contribution < -0.4 is 5.69 Å². The van der Waals surface area contributed by atoms with E-state index in [2.05, 4.69) is 30.9 Å². The van der Waals surface area contributed by atoms with Gasteiger partial charge in [0.15, 0.2) is 6.23 Å². The van der Waals surface area contributed by atoms with Crippen LogP contribution in [0.1, 0.15) is 24.3 Å². The number of hydrogen-bond acceptors (Lipinski definition) is 5. The zero-order chi connectivity index (χ0) is 26.4. The van der Waals surface area contributed by atoms with E-state index in [0.717, 1.165) is 32.3 Å². The molecule has 2 N–H and O–H groups in total. The van der Waals surface area contributed by atoms with Crippen LogP contribution in [-0.4, -0.2) is 48.2 Å². The number of fused-ring (bicyclic) bond motifs is 1. The number of aromatic amines is 2. The van der Waals surface area contributed by atoms with Crippen LogP contribution in [-0.2, 0) is 16.0 Å². The van der Waals surface area contributed by atoms with E-state index in [9.17, 15) is 9.59 Å². The monoisotopic (exact) mass is 592 g/mol. The number of benzene rings is 2. The summed E-state index contributed by atoms with van der Waals surface area (Å²) >= 11 is 9.56. The number of pyridine rings is 1. The van der Waals surface area contributed by atoms with Gasteiger partial charge in [-0.25, -0.2) is 9.48 Å². The molecule has 1 saturated heterocycles. The average Bonchev–Trinajstić information content (AvgIpc) is 3.58. The van der Waals surface area contributed by atoms with Gasteiger partial charge in [0.1, 0.15) is 11.8 Å². The van der Waals surface area contributed by atoms with E-state index in [1.807, 2.05) is 48.7 Å². The van der Waals surface area contributed by atoms with Crippen molar-refractivity contribution in [3.8, 4) is 17.1 Å². The second-order valence-corrected chi connectivity index (χ2v) is 10.4. The number of aromatic nitrogens is 5. The van der Waals surface area contributed by atoms with Gasteiger partial charge in [0.2, 0.25) is 0 Å². The fraction of sp³-hybridized carbons (Fsp3) is 0.185. The largest absolute Gasteiger partial charge is 0.341 e. The summed E-state index contributed by atoms with van der Waals surface area (Å²) in [5, 5.41) is 5.35. The Hall–Kier alpha value is -3.73. The maximum Gasteiger partial charge on any atom is 0.323 e. The van der Waals surface area contributed by atoms with Gasteiger partial charge in [-0.1, -0.05) is 33.6 Å². The zero-order valence-corrected chi connectivity index (χ0v) is 22.5. The van der Waals surface area contributed by atoms with Crippen molar-refractivity contribution in [3.63, 3.8) is 0 Å². The number of nitrogens with zero attached hydrogens (tertiary/aromatic N) is 4. The molecule has 1 aliphatic rings. The standard InChI is InChI=1S/C27H22BrClN6O3/c1-15-25(36)34(11-10-16-2-8-21-23(12-16)32-27(37)31-21)26(38-15)20-14-35(19-6-3-17(28)4-7-19)33-24(20)22-9-5-18(29)13-30-22/h2-9,12-15,26H,10-11H2,1H3,(H2,31,32,37)/t15-,26-/m0/s1. The Labute approximate surface area is 230 Å². The highest BCUT2D eigenvalue weighted by Gasteiger charge is 2.40. The van der Waals surface area contributed by atoms with Crippen molar-refractivity contribution in [2.45, 2.75) is 25.7 Å². The third-order valence-corrected chi connectivity index (χ3v) is 7.29. The number of rotatable bonds is 6. The first kappa shape index (κ1) is 24.6. The summed E-state index contributed by atoms with van der Waals surface area (Å²) in [6.45, 7) is 2.18. The molecular weight excluding hydrogens is 572 g/mol. The maximum absolute atomic E-state index is 13.2. The van der Waals surface area contributed by atoms with Gasteiger partial charge in [-0.2, -0.15) is 5.10 Å². The molecule has 2 atom stereocenters. The molecule has 1 fully saturated rings. The molecule has 11 heteroatoms. The molecule has 2 aromatic carbocycles. The number of ether oxygens (including phenoxy) is 1. The van der Waals surface area contributed by atoms with Crippen LogP contribution >= 0.6 is 27.5 Å². The van der Waals surface area contributed by atoms with Gasteiger partial charge in [-0.05, 0) is 67.4 Å². The average molecular weight is 594 g/mol. The van der Waals surface area contributed by atoms with Gasteiger partial charge in [-0.3, -0.25) is 9.78 Å². The molecule has 0 aliphatic carbocycles. The van der Waals surface area contributed by atoms with E-state index < -0.39 is 12.3 Å². The lowest BCUT2D eigenvalue weighted by Gasteiger charge is -2.23. The number of carbonyl (C=O) groups excluding carboxylic acids is 1. The SMILES string of the molecule is C[C@@H]1O[C@@H](c2cn(-c3ccc(Br)cc3)nc2-c2ccc(Cl)cn2)N(CCc2ccc3[nH]c(=O)[nH]c3c2)C1=O. The first-order chi connectivity index (χ1) is 18.4. The summed E-state index contributed by atoms with van der Waals surface area (Å²) in [4.78, 5) is 36.6. The smallest absolute Gasteiger partial charge is 0.323 e. The molecule has 38 heavy (non-hydrogen) atoms. The van der Waals surface area contributed by atoms with Crippen molar-refractivity contribution in [2.24, 2.45) is 0 Å². The molecule has 0 radical (unpaired) electrons. The lowest BCUT2D eigenvalue weighted by Crippen LogP contribution is -2.32. The Kier molecular flexibility index (Phi) is 6.38. The van der Waals surface area contributed by atoms with E-state index in [1.165, 1.54) is 0 Å². The molecular formula is C27H22BrClN6O3. The fourth-order valence-corrected chi connectivity index (χ4v) is 5.01. The van der Waals surface area contributed by atoms with Gasteiger partial charge >= 0.3 is 5.69 Å². The van der Waals surface area contributed by atoms with Crippen molar-refractivity contribution in [1.82, 2.24) is 29.6 Å². The molecule has 0 saturated carbocycles. The predicted octanol–water partition coefficient (Wildman–Crippen LogP) is 5.01. The van der Waals surface area contributed by atoms with Crippen LogP contribution in [0.4, 0.5) is 0 Å². The first-order valence-electron chi connectivity index (χ1n) is 12.0. The molecule has 0 unspecified atom stereocenters. The van der Waals surface area contributed by atoms with Crippen LogP contribution in [0.25, 0.3) is 28.1 Å². The topological polar surface area (TPSA) is 109 Å². The van der Waals surface area contributed by atoms with Gasteiger partial charge < -0.3 is 19.6 Å². The predicted molar refractivity (Wildman–Crippen MR) is 147 cm³/mol. The van der Waals surface area contributed by atoms with E-state index in [4.69, 9.17) is 21.4 Å². The van der Waals surface area contributed by atoms with Crippen LogP contribution in [0.3, 0.4) is 0 Å². The highest BCUT2D eigenvalue weighted by molar-refractivity contribution is 9.10. The summed E-state index contributed by atoms with van der Waals surface area (Å²) in [5.41, 5.74) is 5.02. The van der Waals surface area contributed by atoms with E-state index >= 15 is 0 Å². The number of amides is 1. The molecule has 0 spiro atoms. The second kappa shape index (κ2) is 9.86. The molecule has 3 aromatic heterocycles. The normalized spacial score (nSPS) is 17.6. The first-order valence-corrected chi connectivity index (χ1v) is 13.2. The number of hydrogen-bond donors (Lipinski definition) is 2. The van der Waals surface area contributed by atoms with Crippen LogP contribution in [0, 0.1) is 0 Å². The molecule has 1 amide bonds. The molecule has 5 aromatic rings. The lowest BCUT2D eigenvalue weighted by molar-refractivity contribution is -0.130. The van der Waals surface area contributed by atoms with Crippen molar-refractivity contribution in [2.75, 3.05) is 6.54 Å².